The SMILES string of the molecule is Cc1ccc(C(=O)N2Cc3nn(-c4ccccc4C)c(-n4cccc4)c3C2)cc1. The number of hydrogen-bond acceptors (Lipinski definition) is 2. The van der Waals surface area contributed by atoms with Crippen LogP contribution in [0.15, 0.2) is 73.1 Å². The number of nitrogens with zero attached hydrogens (tertiary/aromatic N) is 4. The summed E-state index contributed by atoms with van der Waals surface area (Å²) < 4.78 is 4.09. The fourth-order valence-corrected chi connectivity index (χ4v) is 3.93. The van der Waals surface area contributed by atoms with Crippen molar-refractivity contribution in [1.82, 2.24) is 19.2 Å². The summed E-state index contributed by atoms with van der Waals surface area (Å²) in [4.78, 5) is 14.9. The summed E-state index contributed by atoms with van der Waals surface area (Å²) in [5, 5.41) is 4.92. The third-order valence-corrected chi connectivity index (χ3v) is 5.51. The molecule has 0 aliphatic carbocycles. The number of amides is 1. The number of rotatable bonds is 3. The molecule has 1 aliphatic rings. The van der Waals surface area contributed by atoms with E-state index in [2.05, 4.69) is 23.6 Å². The topological polar surface area (TPSA) is 43.1 Å². The highest BCUT2D eigenvalue weighted by Gasteiger charge is 2.32. The van der Waals surface area contributed by atoms with Crippen LogP contribution in [0.1, 0.15) is 32.7 Å². The van der Waals surface area contributed by atoms with Crippen LogP contribution in [-0.4, -0.2) is 25.2 Å². The molecule has 29 heavy (non-hydrogen) atoms. The molecule has 0 atom stereocenters. The highest BCUT2D eigenvalue weighted by molar-refractivity contribution is 5.94. The molecule has 0 radical (unpaired) electrons. The first kappa shape index (κ1) is 17.5. The molecule has 0 N–H and O–H groups in total. The molecule has 5 rings (SSSR count). The van der Waals surface area contributed by atoms with Crippen molar-refractivity contribution >= 4 is 5.91 Å². The first-order valence-corrected chi connectivity index (χ1v) is 9.78. The first-order valence-electron chi connectivity index (χ1n) is 9.78. The van der Waals surface area contributed by atoms with Gasteiger partial charge in [0, 0.05) is 23.5 Å². The lowest BCUT2D eigenvalue weighted by Gasteiger charge is -2.18. The molecule has 4 aromatic rings. The predicted octanol–water partition coefficient (Wildman–Crippen LogP) is 4.44. The van der Waals surface area contributed by atoms with E-state index in [1.807, 2.05) is 77.4 Å². The van der Waals surface area contributed by atoms with E-state index in [0.29, 0.717) is 13.1 Å². The average Bonchev–Trinajstić information content (AvgIpc) is 3.44. The Morgan fingerprint density at radius 1 is 0.897 bits per heavy atom. The number of carbonyl (C=O) groups excluding carboxylic acids is 1. The Hall–Kier alpha value is -3.60. The summed E-state index contributed by atoms with van der Waals surface area (Å²) in [7, 11) is 0. The van der Waals surface area contributed by atoms with Gasteiger partial charge in [-0.25, -0.2) is 4.68 Å². The third-order valence-electron chi connectivity index (χ3n) is 5.51. The van der Waals surface area contributed by atoms with Crippen LogP contribution in [0.4, 0.5) is 0 Å². The molecule has 0 saturated heterocycles. The number of hydrogen-bond donors (Lipinski definition) is 0. The maximum absolute atomic E-state index is 13.0. The van der Waals surface area contributed by atoms with Crippen LogP contribution in [0.5, 0.6) is 0 Å². The minimum Gasteiger partial charge on any atom is -0.328 e. The third kappa shape index (κ3) is 2.95. The Labute approximate surface area is 169 Å². The van der Waals surface area contributed by atoms with Gasteiger partial charge in [0.15, 0.2) is 0 Å². The van der Waals surface area contributed by atoms with Gasteiger partial charge in [-0.05, 0) is 49.7 Å². The van der Waals surface area contributed by atoms with Gasteiger partial charge in [-0.15, -0.1) is 0 Å². The van der Waals surface area contributed by atoms with Gasteiger partial charge in [-0.3, -0.25) is 4.79 Å². The van der Waals surface area contributed by atoms with Gasteiger partial charge in [-0.2, -0.15) is 5.10 Å². The molecule has 0 unspecified atom stereocenters. The Morgan fingerprint density at radius 3 is 2.34 bits per heavy atom. The number of carbonyl (C=O) groups is 1. The molecule has 2 aromatic heterocycles. The van der Waals surface area contributed by atoms with Gasteiger partial charge in [0.05, 0.1) is 24.5 Å². The Bertz CT molecular complexity index is 1190. The fourth-order valence-electron chi connectivity index (χ4n) is 3.93. The van der Waals surface area contributed by atoms with Crippen molar-refractivity contribution in [3.05, 3.63) is 101 Å². The minimum atomic E-state index is 0.0453. The van der Waals surface area contributed by atoms with Crippen molar-refractivity contribution in [1.29, 1.82) is 0 Å². The largest absolute Gasteiger partial charge is 0.328 e. The van der Waals surface area contributed by atoms with Crippen LogP contribution in [0, 0.1) is 13.8 Å². The Kier molecular flexibility index (Phi) is 4.09. The first-order chi connectivity index (χ1) is 14.1. The molecule has 3 heterocycles. The van der Waals surface area contributed by atoms with Crippen LogP contribution in [0.3, 0.4) is 0 Å². The number of fused-ring (bicyclic) bond motifs is 1. The molecule has 2 aromatic carbocycles. The number of aryl methyl sites for hydroxylation is 2. The summed E-state index contributed by atoms with van der Waals surface area (Å²) in [5.41, 5.74) is 6.14. The molecule has 5 nitrogen and oxygen atoms in total. The molecule has 0 bridgehead atoms. The van der Waals surface area contributed by atoms with E-state index in [1.54, 1.807) is 0 Å². The molecule has 0 saturated carbocycles. The Balaban J connectivity index is 1.55. The van der Waals surface area contributed by atoms with E-state index in [1.165, 1.54) is 0 Å². The van der Waals surface area contributed by atoms with Crippen LogP contribution < -0.4 is 0 Å². The number of para-hydroxylation sites is 1. The van der Waals surface area contributed by atoms with E-state index in [0.717, 1.165) is 39.5 Å². The van der Waals surface area contributed by atoms with E-state index in [4.69, 9.17) is 5.10 Å². The Morgan fingerprint density at radius 2 is 1.62 bits per heavy atom. The highest BCUT2D eigenvalue weighted by atomic mass is 16.2. The van der Waals surface area contributed by atoms with Crippen LogP contribution in [0.25, 0.3) is 11.5 Å². The lowest BCUT2D eigenvalue weighted by molar-refractivity contribution is 0.0749. The van der Waals surface area contributed by atoms with Crippen LogP contribution >= 0.6 is 0 Å². The van der Waals surface area contributed by atoms with Gasteiger partial charge in [0.1, 0.15) is 5.82 Å². The van der Waals surface area contributed by atoms with E-state index < -0.39 is 0 Å². The monoisotopic (exact) mass is 382 g/mol. The number of benzene rings is 2. The minimum absolute atomic E-state index is 0.0453. The van der Waals surface area contributed by atoms with Gasteiger partial charge < -0.3 is 9.47 Å². The summed E-state index contributed by atoms with van der Waals surface area (Å²) in [6, 6.07) is 20.0. The summed E-state index contributed by atoms with van der Waals surface area (Å²) in [6.07, 6.45) is 4.05. The second-order valence-corrected chi connectivity index (χ2v) is 7.56. The van der Waals surface area contributed by atoms with E-state index >= 15 is 0 Å². The summed E-state index contributed by atoms with van der Waals surface area (Å²) in [5.74, 6) is 1.04. The molecule has 1 amide bonds. The molecule has 1 aliphatic heterocycles. The maximum atomic E-state index is 13.0. The van der Waals surface area contributed by atoms with Gasteiger partial charge >= 0.3 is 0 Å². The molecule has 0 spiro atoms. The van der Waals surface area contributed by atoms with E-state index in [9.17, 15) is 4.79 Å². The lowest BCUT2D eigenvalue weighted by atomic mass is 10.1. The van der Waals surface area contributed by atoms with Gasteiger partial charge in [0.25, 0.3) is 5.91 Å². The van der Waals surface area contributed by atoms with E-state index in [-0.39, 0.29) is 5.91 Å². The van der Waals surface area contributed by atoms with Crippen molar-refractivity contribution in [3.63, 3.8) is 0 Å². The molecular formula is C24H22N4O. The highest BCUT2D eigenvalue weighted by Crippen LogP contribution is 2.32. The second-order valence-electron chi connectivity index (χ2n) is 7.56. The van der Waals surface area contributed by atoms with Crippen molar-refractivity contribution in [2.45, 2.75) is 26.9 Å². The molecule has 144 valence electrons. The van der Waals surface area contributed by atoms with Gasteiger partial charge in [0.2, 0.25) is 0 Å². The zero-order valence-electron chi connectivity index (χ0n) is 16.5. The van der Waals surface area contributed by atoms with Crippen molar-refractivity contribution < 1.29 is 4.79 Å². The maximum Gasteiger partial charge on any atom is 0.254 e. The fraction of sp³-hybridized carbons (Fsp3) is 0.167. The quantitative estimate of drug-likeness (QED) is 0.526. The normalized spacial score (nSPS) is 13.0. The van der Waals surface area contributed by atoms with Crippen molar-refractivity contribution in [2.75, 3.05) is 0 Å². The van der Waals surface area contributed by atoms with Gasteiger partial charge in [-0.1, -0.05) is 35.9 Å². The van der Waals surface area contributed by atoms with Crippen LogP contribution in [-0.2, 0) is 13.1 Å². The average molecular weight is 382 g/mol. The lowest BCUT2D eigenvalue weighted by Crippen LogP contribution is -2.26. The zero-order chi connectivity index (χ0) is 20.0. The molecule has 0 fully saturated rings. The smallest absolute Gasteiger partial charge is 0.254 e. The van der Waals surface area contributed by atoms with Crippen molar-refractivity contribution in [3.8, 4) is 11.5 Å². The molecular weight excluding hydrogens is 360 g/mol. The van der Waals surface area contributed by atoms with Crippen LogP contribution in [0.2, 0.25) is 0 Å². The second kappa shape index (κ2) is 6.78. The zero-order valence-corrected chi connectivity index (χ0v) is 16.5. The standard InChI is InChI=1S/C24H22N4O/c1-17-9-11-19(12-10-17)24(29)27-15-20-21(16-27)25-28(22-8-4-3-7-18(22)2)23(20)26-13-5-6-14-26/h3-14H,15-16H2,1-2H3. The number of aromatic nitrogens is 3. The van der Waals surface area contributed by atoms with Crippen molar-refractivity contribution in [2.24, 2.45) is 0 Å². The summed E-state index contributed by atoms with van der Waals surface area (Å²) >= 11 is 0. The predicted molar refractivity (Wildman–Crippen MR) is 112 cm³/mol. The summed E-state index contributed by atoms with van der Waals surface area (Å²) in [6.45, 7) is 5.20. The molecule has 5 heteroatoms.